The van der Waals surface area contributed by atoms with E-state index in [0.29, 0.717) is 19.6 Å². The maximum absolute atomic E-state index is 11.9. The summed E-state index contributed by atoms with van der Waals surface area (Å²) in [7, 11) is -3.36. The predicted molar refractivity (Wildman–Crippen MR) is 84.2 cm³/mol. The highest BCUT2D eigenvalue weighted by molar-refractivity contribution is 7.88. The first-order valence-corrected chi connectivity index (χ1v) is 9.38. The third kappa shape index (κ3) is 2.86. The quantitative estimate of drug-likeness (QED) is 0.841. The number of aliphatic carboxylic acids is 1. The number of hydrogen-bond donors (Lipinski definition) is 1. The number of aromatic nitrogens is 1. The highest BCUT2D eigenvalue weighted by Crippen LogP contribution is 2.44. The topological polar surface area (TPSA) is 90.8 Å². The van der Waals surface area contributed by atoms with Crippen molar-refractivity contribution in [3.63, 3.8) is 0 Å². The molecule has 2 saturated heterocycles. The van der Waals surface area contributed by atoms with E-state index in [-0.39, 0.29) is 19.0 Å². The number of carboxylic acids is 1. The van der Waals surface area contributed by atoms with Crippen molar-refractivity contribution in [3.8, 4) is 0 Å². The van der Waals surface area contributed by atoms with Crippen LogP contribution in [0, 0.1) is 18.3 Å². The summed E-state index contributed by atoms with van der Waals surface area (Å²) in [4.78, 5) is 18.2. The minimum absolute atomic E-state index is 0.0638. The monoisotopic (exact) mass is 339 g/mol. The van der Waals surface area contributed by atoms with Crippen LogP contribution < -0.4 is 0 Å². The van der Waals surface area contributed by atoms with Gasteiger partial charge in [-0.15, -0.1) is 0 Å². The van der Waals surface area contributed by atoms with Gasteiger partial charge in [0.05, 0.1) is 11.7 Å². The van der Waals surface area contributed by atoms with E-state index in [1.165, 1.54) is 4.31 Å². The molecular weight excluding hydrogens is 318 g/mol. The maximum atomic E-state index is 11.9. The molecule has 0 amide bonds. The summed E-state index contributed by atoms with van der Waals surface area (Å²) in [6.07, 6.45) is 2.88. The first kappa shape index (κ1) is 16.4. The second kappa shape index (κ2) is 5.54. The molecule has 0 bridgehead atoms. The Labute approximate surface area is 136 Å². The lowest BCUT2D eigenvalue weighted by Crippen LogP contribution is -2.41. The zero-order chi connectivity index (χ0) is 16.8. The average molecular weight is 339 g/mol. The molecule has 23 heavy (non-hydrogen) atoms. The molecule has 3 heterocycles. The highest BCUT2D eigenvalue weighted by Gasteiger charge is 2.59. The Bertz CT molecular complexity index is 736. The molecule has 3 rings (SSSR count). The van der Waals surface area contributed by atoms with Crippen LogP contribution in [0.5, 0.6) is 0 Å². The summed E-state index contributed by atoms with van der Waals surface area (Å²) in [6, 6.07) is 3.87. The number of likely N-dealkylation sites (tertiary alicyclic amines) is 1. The Morgan fingerprint density at radius 3 is 2.74 bits per heavy atom. The van der Waals surface area contributed by atoms with E-state index in [9.17, 15) is 18.3 Å². The molecule has 1 aromatic heterocycles. The Hall–Kier alpha value is -1.51. The predicted octanol–water partition coefficient (Wildman–Crippen LogP) is 0.168. The standard InChI is InChI=1S/C15H21N3O4S/c1-11-12(4-3-5-16-11)6-17-7-13-8-18(23(2,21)22)10-15(13,9-17)14(19)20/h3-5,13H,6-10H2,1-2H3,(H,19,20)/t13?,15-/m1/s1. The lowest BCUT2D eigenvalue weighted by atomic mass is 9.81. The molecule has 0 aliphatic carbocycles. The van der Waals surface area contributed by atoms with E-state index in [2.05, 4.69) is 9.88 Å². The molecule has 8 heteroatoms. The third-order valence-corrected chi connectivity index (χ3v) is 6.27. The number of aryl methyl sites for hydroxylation is 1. The normalized spacial score (nSPS) is 28.9. The molecule has 2 fully saturated rings. The SMILES string of the molecule is Cc1ncccc1CN1CC2CN(S(C)(=O)=O)C[C@]2(C(=O)O)C1. The van der Waals surface area contributed by atoms with Gasteiger partial charge in [-0.2, -0.15) is 0 Å². The van der Waals surface area contributed by atoms with Gasteiger partial charge in [-0.25, -0.2) is 12.7 Å². The molecule has 0 spiro atoms. The van der Waals surface area contributed by atoms with E-state index >= 15 is 0 Å². The van der Waals surface area contributed by atoms with Gasteiger partial charge in [0, 0.05) is 50.5 Å². The van der Waals surface area contributed by atoms with Crippen molar-refractivity contribution in [2.75, 3.05) is 32.4 Å². The number of rotatable bonds is 4. The van der Waals surface area contributed by atoms with Gasteiger partial charge in [-0.1, -0.05) is 6.07 Å². The molecule has 2 atom stereocenters. The van der Waals surface area contributed by atoms with Gasteiger partial charge in [0.15, 0.2) is 0 Å². The van der Waals surface area contributed by atoms with E-state index in [0.717, 1.165) is 17.5 Å². The van der Waals surface area contributed by atoms with Crippen LogP contribution >= 0.6 is 0 Å². The van der Waals surface area contributed by atoms with Crippen LogP contribution in [0.25, 0.3) is 0 Å². The van der Waals surface area contributed by atoms with Gasteiger partial charge in [-0.3, -0.25) is 14.7 Å². The first-order chi connectivity index (χ1) is 10.7. The largest absolute Gasteiger partial charge is 0.481 e. The molecule has 126 valence electrons. The lowest BCUT2D eigenvalue weighted by Gasteiger charge is -2.25. The molecular formula is C15H21N3O4S. The fourth-order valence-corrected chi connectivity index (χ4v) is 4.64. The van der Waals surface area contributed by atoms with Crippen LogP contribution in [0.4, 0.5) is 0 Å². The number of fused-ring (bicyclic) bond motifs is 1. The summed E-state index contributed by atoms with van der Waals surface area (Å²) in [6.45, 7) is 3.89. The summed E-state index contributed by atoms with van der Waals surface area (Å²) in [5, 5.41) is 9.74. The van der Waals surface area contributed by atoms with Crippen LogP contribution in [0.3, 0.4) is 0 Å². The van der Waals surface area contributed by atoms with Gasteiger partial charge in [0.25, 0.3) is 0 Å². The van der Waals surface area contributed by atoms with Crippen LogP contribution in [0.2, 0.25) is 0 Å². The molecule has 0 saturated carbocycles. The van der Waals surface area contributed by atoms with Crippen molar-refractivity contribution >= 4 is 16.0 Å². The molecule has 1 N–H and O–H groups in total. The summed E-state index contributed by atoms with van der Waals surface area (Å²) < 4.78 is 24.8. The van der Waals surface area contributed by atoms with Gasteiger partial charge >= 0.3 is 5.97 Å². The van der Waals surface area contributed by atoms with E-state index in [4.69, 9.17) is 0 Å². The Balaban J connectivity index is 1.80. The lowest BCUT2D eigenvalue weighted by molar-refractivity contribution is -0.148. The van der Waals surface area contributed by atoms with Crippen molar-refractivity contribution in [1.82, 2.24) is 14.2 Å². The highest BCUT2D eigenvalue weighted by atomic mass is 32.2. The van der Waals surface area contributed by atoms with E-state index < -0.39 is 21.4 Å². The maximum Gasteiger partial charge on any atom is 0.312 e. The number of carboxylic acid groups (broad SMARTS) is 1. The van der Waals surface area contributed by atoms with Gasteiger partial charge in [-0.05, 0) is 18.6 Å². The number of carbonyl (C=O) groups is 1. The van der Waals surface area contributed by atoms with Crippen molar-refractivity contribution < 1.29 is 18.3 Å². The third-order valence-electron chi connectivity index (χ3n) is 5.05. The van der Waals surface area contributed by atoms with Crippen molar-refractivity contribution in [3.05, 3.63) is 29.6 Å². The van der Waals surface area contributed by atoms with Crippen LogP contribution in [0.15, 0.2) is 18.3 Å². The zero-order valence-corrected chi connectivity index (χ0v) is 14.1. The Morgan fingerprint density at radius 1 is 1.43 bits per heavy atom. The van der Waals surface area contributed by atoms with Crippen LogP contribution in [-0.4, -0.2) is 66.1 Å². The zero-order valence-electron chi connectivity index (χ0n) is 13.3. The van der Waals surface area contributed by atoms with Gasteiger partial charge < -0.3 is 5.11 Å². The Kier molecular flexibility index (Phi) is 3.94. The van der Waals surface area contributed by atoms with Crippen molar-refractivity contribution in [2.24, 2.45) is 11.3 Å². The van der Waals surface area contributed by atoms with Crippen molar-refractivity contribution in [2.45, 2.75) is 13.5 Å². The minimum Gasteiger partial charge on any atom is -0.481 e. The van der Waals surface area contributed by atoms with E-state index in [1.54, 1.807) is 6.20 Å². The van der Waals surface area contributed by atoms with Crippen molar-refractivity contribution in [1.29, 1.82) is 0 Å². The number of pyridine rings is 1. The molecule has 2 aliphatic rings. The van der Waals surface area contributed by atoms with Crippen LogP contribution in [0.1, 0.15) is 11.3 Å². The summed E-state index contributed by atoms with van der Waals surface area (Å²) in [5.41, 5.74) is 1.01. The average Bonchev–Trinajstić information content (AvgIpc) is 2.95. The molecule has 1 unspecified atom stereocenters. The number of nitrogens with zero attached hydrogens (tertiary/aromatic N) is 3. The second-order valence-electron chi connectivity index (χ2n) is 6.63. The van der Waals surface area contributed by atoms with Gasteiger partial charge in [0.1, 0.15) is 0 Å². The summed E-state index contributed by atoms with van der Waals surface area (Å²) >= 11 is 0. The molecule has 0 aromatic carbocycles. The fourth-order valence-electron chi connectivity index (χ4n) is 3.72. The van der Waals surface area contributed by atoms with Crippen LogP contribution in [-0.2, 0) is 21.4 Å². The molecule has 1 aromatic rings. The minimum atomic E-state index is -3.36. The van der Waals surface area contributed by atoms with Gasteiger partial charge in [0.2, 0.25) is 10.0 Å². The second-order valence-corrected chi connectivity index (χ2v) is 8.61. The van der Waals surface area contributed by atoms with E-state index in [1.807, 2.05) is 19.1 Å². The Morgan fingerprint density at radius 2 is 2.17 bits per heavy atom. The number of sulfonamides is 1. The molecule has 2 aliphatic heterocycles. The molecule has 0 radical (unpaired) electrons. The molecule has 7 nitrogen and oxygen atoms in total. The first-order valence-electron chi connectivity index (χ1n) is 7.54. The fraction of sp³-hybridized carbons (Fsp3) is 0.600. The number of hydrogen-bond acceptors (Lipinski definition) is 5. The smallest absolute Gasteiger partial charge is 0.312 e. The summed E-state index contributed by atoms with van der Waals surface area (Å²) in [5.74, 6) is -1.08.